The SMILES string of the molecule is COCCOc1ccc(C(=O)NC(=S)Nc2cccc([N+](=O)[O-])c2)cc1. The van der Waals surface area contributed by atoms with Gasteiger partial charge < -0.3 is 14.8 Å². The molecule has 0 spiro atoms. The monoisotopic (exact) mass is 375 g/mol. The van der Waals surface area contributed by atoms with Gasteiger partial charge in [-0.05, 0) is 42.5 Å². The van der Waals surface area contributed by atoms with Gasteiger partial charge in [-0.3, -0.25) is 20.2 Å². The number of ether oxygens (including phenoxy) is 2. The van der Waals surface area contributed by atoms with Crippen LogP contribution in [0.25, 0.3) is 0 Å². The molecule has 0 radical (unpaired) electrons. The summed E-state index contributed by atoms with van der Waals surface area (Å²) in [6, 6.07) is 12.4. The Labute approximate surface area is 155 Å². The van der Waals surface area contributed by atoms with E-state index in [1.165, 1.54) is 18.2 Å². The number of nitrogens with zero attached hydrogens (tertiary/aromatic N) is 1. The van der Waals surface area contributed by atoms with Gasteiger partial charge in [0.15, 0.2) is 5.11 Å². The van der Waals surface area contributed by atoms with Crippen molar-refractivity contribution >= 4 is 34.6 Å². The number of carbonyl (C=O) groups is 1. The van der Waals surface area contributed by atoms with Gasteiger partial charge in [0.25, 0.3) is 11.6 Å². The molecular weight excluding hydrogens is 358 g/mol. The zero-order valence-electron chi connectivity index (χ0n) is 13.9. The van der Waals surface area contributed by atoms with Gasteiger partial charge >= 0.3 is 0 Å². The molecule has 136 valence electrons. The summed E-state index contributed by atoms with van der Waals surface area (Å²) in [5.41, 5.74) is 0.729. The molecule has 2 rings (SSSR count). The van der Waals surface area contributed by atoms with Crippen LogP contribution in [-0.4, -0.2) is 36.3 Å². The van der Waals surface area contributed by atoms with Gasteiger partial charge in [-0.25, -0.2) is 0 Å². The van der Waals surface area contributed by atoms with Crippen molar-refractivity contribution in [3.8, 4) is 5.75 Å². The number of amides is 1. The second kappa shape index (κ2) is 9.44. The third-order valence-electron chi connectivity index (χ3n) is 3.21. The molecule has 0 saturated carbocycles. The number of thiocarbonyl (C=S) groups is 1. The van der Waals surface area contributed by atoms with Crippen LogP contribution in [0.2, 0.25) is 0 Å². The van der Waals surface area contributed by atoms with E-state index in [1.807, 2.05) is 0 Å². The van der Waals surface area contributed by atoms with Crippen molar-refractivity contribution in [2.24, 2.45) is 0 Å². The highest BCUT2D eigenvalue weighted by atomic mass is 32.1. The summed E-state index contributed by atoms with van der Waals surface area (Å²) in [7, 11) is 1.58. The van der Waals surface area contributed by atoms with Crippen LogP contribution in [0.4, 0.5) is 11.4 Å². The predicted octanol–water partition coefficient (Wildman–Crippen LogP) is 2.75. The smallest absolute Gasteiger partial charge is 0.271 e. The van der Waals surface area contributed by atoms with E-state index < -0.39 is 10.8 Å². The van der Waals surface area contributed by atoms with Crippen molar-refractivity contribution in [2.45, 2.75) is 0 Å². The molecule has 0 aliphatic carbocycles. The van der Waals surface area contributed by atoms with E-state index >= 15 is 0 Å². The number of rotatable bonds is 7. The second-order valence-corrected chi connectivity index (χ2v) is 5.49. The second-order valence-electron chi connectivity index (χ2n) is 5.08. The molecule has 0 aliphatic heterocycles. The Morgan fingerprint density at radius 1 is 1.19 bits per heavy atom. The van der Waals surface area contributed by atoms with E-state index in [0.717, 1.165) is 0 Å². The first-order chi connectivity index (χ1) is 12.5. The fraction of sp³-hybridized carbons (Fsp3) is 0.176. The largest absolute Gasteiger partial charge is 0.491 e. The highest BCUT2D eigenvalue weighted by molar-refractivity contribution is 7.80. The number of nitro groups is 1. The average Bonchev–Trinajstić information content (AvgIpc) is 2.62. The summed E-state index contributed by atoms with van der Waals surface area (Å²) in [4.78, 5) is 22.4. The minimum atomic E-state index is -0.511. The number of hydrogen-bond donors (Lipinski definition) is 2. The molecule has 0 fully saturated rings. The lowest BCUT2D eigenvalue weighted by atomic mass is 10.2. The zero-order valence-corrected chi connectivity index (χ0v) is 14.7. The summed E-state index contributed by atoms with van der Waals surface area (Å²) in [6.07, 6.45) is 0. The van der Waals surface area contributed by atoms with Crippen LogP contribution in [0, 0.1) is 10.1 Å². The van der Waals surface area contributed by atoms with Crippen LogP contribution >= 0.6 is 12.2 Å². The van der Waals surface area contributed by atoms with Crippen LogP contribution in [0.15, 0.2) is 48.5 Å². The lowest BCUT2D eigenvalue weighted by molar-refractivity contribution is -0.384. The van der Waals surface area contributed by atoms with E-state index in [0.29, 0.717) is 30.2 Å². The Morgan fingerprint density at radius 2 is 1.92 bits per heavy atom. The lowest BCUT2D eigenvalue weighted by Gasteiger charge is -2.10. The number of nitro benzene ring substituents is 1. The Balaban J connectivity index is 1.91. The molecule has 9 heteroatoms. The van der Waals surface area contributed by atoms with Crippen LogP contribution in [0.5, 0.6) is 5.75 Å². The van der Waals surface area contributed by atoms with Crippen molar-refractivity contribution in [3.63, 3.8) is 0 Å². The van der Waals surface area contributed by atoms with Crippen LogP contribution in [0.3, 0.4) is 0 Å². The maximum atomic E-state index is 12.2. The van der Waals surface area contributed by atoms with E-state index in [-0.39, 0.29) is 10.8 Å². The minimum absolute atomic E-state index is 0.0379. The number of non-ortho nitro benzene ring substituents is 1. The number of benzene rings is 2. The molecule has 1 amide bonds. The Kier molecular flexibility index (Phi) is 7.01. The summed E-state index contributed by atoms with van der Waals surface area (Å²) in [5, 5.41) is 16.1. The summed E-state index contributed by atoms with van der Waals surface area (Å²) < 4.78 is 10.3. The van der Waals surface area contributed by atoms with E-state index in [1.54, 1.807) is 37.4 Å². The van der Waals surface area contributed by atoms with Crippen molar-refractivity contribution < 1.29 is 19.2 Å². The standard InChI is InChI=1S/C17H17N3O5S/c1-24-9-10-25-15-7-5-12(6-8-15)16(21)19-17(26)18-13-3-2-4-14(11-13)20(22)23/h2-8,11H,9-10H2,1H3,(H2,18,19,21,26). The number of methoxy groups -OCH3 is 1. The Bertz CT molecular complexity index is 795. The third kappa shape index (κ3) is 5.80. The molecule has 0 aliphatic rings. The van der Waals surface area contributed by atoms with Crippen LogP contribution in [-0.2, 0) is 4.74 Å². The van der Waals surface area contributed by atoms with Crippen LogP contribution in [0.1, 0.15) is 10.4 Å². The van der Waals surface area contributed by atoms with E-state index in [4.69, 9.17) is 21.7 Å². The van der Waals surface area contributed by atoms with Gasteiger partial charge in [0.05, 0.1) is 11.5 Å². The zero-order chi connectivity index (χ0) is 18.9. The fourth-order valence-corrected chi connectivity index (χ4v) is 2.19. The Morgan fingerprint density at radius 3 is 2.58 bits per heavy atom. The van der Waals surface area contributed by atoms with Gasteiger partial charge in [0, 0.05) is 30.5 Å². The molecule has 2 aromatic rings. The molecule has 0 atom stereocenters. The number of nitrogens with one attached hydrogen (secondary N) is 2. The normalized spacial score (nSPS) is 10.0. The molecule has 2 aromatic carbocycles. The Hall–Kier alpha value is -3.04. The van der Waals surface area contributed by atoms with Crippen molar-refractivity contribution in [2.75, 3.05) is 25.6 Å². The summed E-state index contributed by atoms with van der Waals surface area (Å²) >= 11 is 5.07. The van der Waals surface area contributed by atoms with Crippen molar-refractivity contribution in [3.05, 3.63) is 64.2 Å². The first-order valence-electron chi connectivity index (χ1n) is 7.58. The average molecular weight is 375 g/mol. The maximum absolute atomic E-state index is 12.2. The van der Waals surface area contributed by atoms with Gasteiger partial charge in [0.2, 0.25) is 0 Å². The topological polar surface area (TPSA) is 103 Å². The van der Waals surface area contributed by atoms with Crippen molar-refractivity contribution in [1.82, 2.24) is 5.32 Å². The molecule has 8 nitrogen and oxygen atoms in total. The number of carbonyl (C=O) groups excluding carboxylic acids is 1. The number of hydrogen-bond acceptors (Lipinski definition) is 6. The molecule has 26 heavy (non-hydrogen) atoms. The summed E-state index contributed by atoms with van der Waals surface area (Å²) in [5.74, 6) is 0.215. The molecular formula is C17H17N3O5S. The van der Waals surface area contributed by atoms with Crippen molar-refractivity contribution in [1.29, 1.82) is 0 Å². The molecule has 0 heterocycles. The minimum Gasteiger partial charge on any atom is -0.491 e. The van der Waals surface area contributed by atoms with Gasteiger partial charge in [-0.15, -0.1) is 0 Å². The third-order valence-corrected chi connectivity index (χ3v) is 3.42. The molecule has 0 unspecified atom stereocenters. The highest BCUT2D eigenvalue weighted by Gasteiger charge is 2.10. The van der Waals surface area contributed by atoms with E-state index in [2.05, 4.69) is 10.6 Å². The molecule has 0 aromatic heterocycles. The van der Waals surface area contributed by atoms with Crippen LogP contribution < -0.4 is 15.4 Å². The maximum Gasteiger partial charge on any atom is 0.271 e. The molecule has 0 saturated heterocycles. The highest BCUT2D eigenvalue weighted by Crippen LogP contribution is 2.17. The van der Waals surface area contributed by atoms with Gasteiger partial charge in [-0.1, -0.05) is 6.07 Å². The first kappa shape index (κ1) is 19.3. The number of anilines is 1. The van der Waals surface area contributed by atoms with Gasteiger partial charge in [0.1, 0.15) is 12.4 Å². The van der Waals surface area contributed by atoms with Gasteiger partial charge in [-0.2, -0.15) is 0 Å². The fourth-order valence-electron chi connectivity index (χ4n) is 1.98. The summed E-state index contributed by atoms with van der Waals surface area (Å²) in [6.45, 7) is 0.888. The lowest BCUT2D eigenvalue weighted by Crippen LogP contribution is -2.34. The predicted molar refractivity (Wildman–Crippen MR) is 101 cm³/mol. The quantitative estimate of drug-likeness (QED) is 0.332. The molecule has 0 bridgehead atoms. The van der Waals surface area contributed by atoms with E-state index in [9.17, 15) is 14.9 Å². The molecule has 2 N–H and O–H groups in total. The first-order valence-corrected chi connectivity index (χ1v) is 7.99.